The number of thiazole rings is 1. The predicted molar refractivity (Wildman–Crippen MR) is 134 cm³/mol. The van der Waals surface area contributed by atoms with Crippen LogP contribution < -0.4 is 10.6 Å². The molecule has 0 bridgehead atoms. The van der Waals surface area contributed by atoms with Crippen LogP contribution in [0.3, 0.4) is 0 Å². The minimum absolute atomic E-state index is 0.158. The van der Waals surface area contributed by atoms with Crippen LogP contribution in [0.2, 0.25) is 0 Å². The van der Waals surface area contributed by atoms with Gasteiger partial charge in [0.2, 0.25) is 5.91 Å². The normalized spacial score (nSPS) is 11.7. The number of hydrogen-bond donors (Lipinski definition) is 2. The summed E-state index contributed by atoms with van der Waals surface area (Å²) in [6.45, 7) is 4.49. The molecule has 32 heavy (non-hydrogen) atoms. The molecule has 1 unspecified atom stereocenters. The summed E-state index contributed by atoms with van der Waals surface area (Å²) in [5.74, 6) is 0.407. The molecule has 0 saturated heterocycles. The van der Waals surface area contributed by atoms with E-state index in [1.807, 2.05) is 36.8 Å². The lowest BCUT2D eigenvalue weighted by Gasteiger charge is -2.18. The number of carbonyl (C=O) groups excluding carboxylic acids is 2. The number of nitrogens with one attached hydrogen (secondary N) is 2. The number of nitrogens with zero attached hydrogens (tertiary/aromatic N) is 1. The van der Waals surface area contributed by atoms with Gasteiger partial charge >= 0.3 is 0 Å². The Bertz CT molecular complexity index is 1050. The Morgan fingerprint density at radius 1 is 1.09 bits per heavy atom. The number of thioether (sulfide) groups is 1. The first kappa shape index (κ1) is 24.0. The van der Waals surface area contributed by atoms with Crippen LogP contribution in [0.4, 0.5) is 0 Å². The zero-order valence-corrected chi connectivity index (χ0v) is 20.3. The molecule has 0 spiro atoms. The van der Waals surface area contributed by atoms with E-state index in [9.17, 15) is 9.59 Å². The van der Waals surface area contributed by atoms with Crippen molar-refractivity contribution in [2.45, 2.75) is 32.7 Å². The first-order valence-corrected chi connectivity index (χ1v) is 12.9. The Morgan fingerprint density at radius 3 is 2.59 bits per heavy atom. The predicted octanol–water partition coefficient (Wildman–Crippen LogP) is 4.64. The number of benzene rings is 2. The molecule has 7 heteroatoms. The van der Waals surface area contributed by atoms with Gasteiger partial charge in [-0.15, -0.1) is 11.3 Å². The second-order valence-electron chi connectivity index (χ2n) is 7.73. The van der Waals surface area contributed by atoms with Gasteiger partial charge in [-0.2, -0.15) is 11.8 Å². The van der Waals surface area contributed by atoms with E-state index in [1.165, 1.54) is 5.56 Å². The molecule has 0 aliphatic carbocycles. The van der Waals surface area contributed by atoms with Gasteiger partial charge in [-0.1, -0.05) is 47.5 Å². The van der Waals surface area contributed by atoms with Crippen molar-refractivity contribution in [1.29, 1.82) is 0 Å². The van der Waals surface area contributed by atoms with Gasteiger partial charge in [0.1, 0.15) is 11.0 Å². The van der Waals surface area contributed by atoms with Crippen molar-refractivity contribution in [1.82, 2.24) is 15.6 Å². The molecule has 2 aromatic carbocycles. The first-order chi connectivity index (χ1) is 15.5. The summed E-state index contributed by atoms with van der Waals surface area (Å²) < 4.78 is 0. The maximum Gasteiger partial charge on any atom is 0.251 e. The van der Waals surface area contributed by atoms with Gasteiger partial charge in [-0.05, 0) is 44.4 Å². The van der Waals surface area contributed by atoms with Crippen molar-refractivity contribution < 1.29 is 9.59 Å². The second kappa shape index (κ2) is 11.8. The van der Waals surface area contributed by atoms with Crippen LogP contribution in [-0.2, 0) is 11.2 Å². The Kier molecular flexibility index (Phi) is 8.88. The Labute approximate surface area is 198 Å². The minimum atomic E-state index is -0.561. The number of aryl methyl sites for hydroxylation is 2. The highest BCUT2D eigenvalue weighted by Crippen LogP contribution is 2.24. The molecule has 0 aliphatic rings. The van der Waals surface area contributed by atoms with Gasteiger partial charge in [-0.25, -0.2) is 4.98 Å². The molecule has 0 saturated carbocycles. The summed E-state index contributed by atoms with van der Waals surface area (Å²) in [6, 6.07) is 15.1. The van der Waals surface area contributed by atoms with Crippen LogP contribution in [0, 0.1) is 13.8 Å². The van der Waals surface area contributed by atoms with Crippen molar-refractivity contribution in [2.24, 2.45) is 0 Å². The van der Waals surface area contributed by atoms with Crippen LogP contribution in [0.1, 0.15) is 33.6 Å². The molecule has 1 heterocycles. The number of amides is 2. The molecular formula is C25H29N3O2S2. The Balaban J connectivity index is 1.54. The summed E-state index contributed by atoms with van der Waals surface area (Å²) in [7, 11) is 0. The van der Waals surface area contributed by atoms with Gasteiger partial charge in [0.25, 0.3) is 5.91 Å². The topological polar surface area (TPSA) is 71.1 Å². The third kappa shape index (κ3) is 6.93. The Hall–Kier alpha value is -2.64. The highest BCUT2D eigenvalue weighted by atomic mass is 32.2. The molecule has 0 aliphatic heterocycles. The molecule has 5 nitrogen and oxygen atoms in total. The Morgan fingerprint density at radius 2 is 1.88 bits per heavy atom. The van der Waals surface area contributed by atoms with E-state index in [-0.39, 0.29) is 11.8 Å². The van der Waals surface area contributed by atoms with Gasteiger partial charge in [0.05, 0.1) is 5.69 Å². The SMILES string of the molecule is CSCCC(NC(=O)c1cccc(C)c1)C(=O)NCCc1csc(-c2ccc(C)cc2)n1. The third-order valence-electron chi connectivity index (χ3n) is 5.04. The van der Waals surface area contributed by atoms with Gasteiger partial charge in [0.15, 0.2) is 0 Å². The van der Waals surface area contributed by atoms with Crippen LogP contribution >= 0.6 is 23.1 Å². The zero-order chi connectivity index (χ0) is 22.9. The number of aromatic nitrogens is 1. The number of hydrogen-bond acceptors (Lipinski definition) is 5. The van der Waals surface area contributed by atoms with Gasteiger partial charge in [-0.3, -0.25) is 9.59 Å². The zero-order valence-electron chi connectivity index (χ0n) is 18.7. The number of carbonyl (C=O) groups is 2. The van der Waals surface area contributed by atoms with E-state index in [0.29, 0.717) is 24.9 Å². The molecule has 0 radical (unpaired) electrons. The molecule has 1 aromatic heterocycles. The maximum atomic E-state index is 12.8. The van der Waals surface area contributed by atoms with Crippen LogP contribution in [0.5, 0.6) is 0 Å². The lowest BCUT2D eigenvalue weighted by atomic mass is 10.1. The highest BCUT2D eigenvalue weighted by molar-refractivity contribution is 7.98. The molecule has 0 fully saturated rings. The van der Waals surface area contributed by atoms with Gasteiger partial charge in [0, 0.05) is 29.5 Å². The monoisotopic (exact) mass is 467 g/mol. The highest BCUT2D eigenvalue weighted by Gasteiger charge is 2.21. The van der Waals surface area contributed by atoms with E-state index in [4.69, 9.17) is 4.98 Å². The lowest BCUT2D eigenvalue weighted by Crippen LogP contribution is -2.47. The average molecular weight is 468 g/mol. The maximum absolute atomic E-state index is 12.8. The van der Waals surface area contributed by atoms with Crippen molar-refractivity contribution in [3.63, 3.8) is 0 Å². The van der Waals surface area contributed by atoms with E-state index in [0.717, 1.165) is 27.6 Å². The van der Waals surface area contributed by atoms with Crippen molar-refractivity contribution in [3.05, 3.63) is 76.3 Å². The fraction of sp³-hybridized carbons (Fsp3) is 0.320. The van der Waals surface area contributed by atoms with Gasteiger partial charge < -0.3 is 10.6 Å². The molecule has 3 rings (SSSR count). The standard InChI is InChI=1S/C25H29N3O2S2/c1-17-7-9-19(10-8-17)25-27-21(16-32-25)11-13-26-24(30)22(12-14-31-3)28-23(29)20-6-4-5-18(2)15-20/h4-10,15-16,22H,11-14H2,1-3H3,(H,26,30)(H,28,29). The largest absolute Gasteiger partial charge is 0.354 e. The summed E-state index contributed by atoms with van der Waals surface area (Å²) in [6.07, 6.45) is 3.22. The van der Waals surface area contributed by atoms with E-state index in [1.54, 1.807) is 29.2 Å². The lowest BCUT2D eigenvalue weighted by molar-refractivity contribution is -0.122. The van der Waals surface area contributed by atoms with E-state index in [2.05, 4.69) is 41.8 Å². The fourth-order valence-electron chi connectivity index (χ4n) is 3.22. The molecule has 1 atom stereocenters. The summed E-state index contributed by atoms with van der Waals surface area (Å²) >= 11 is 3.26. The quantitative estimate of drug-likeness (QED) is 0.456. The molecule has 2 amide bonds. The molecular weight excluding hydrogens is 438 g/mol. The third-order valence-corrected chi connectivity index (χ3v) is 6.63. The molecule has 168 valence electrons. The average Bonchev–Trinajstić information content (AvgIpc) is 3.25. The van der Waals surface area contributed by atoms with E-state index < -0.39 is 6.04 Å². The van der Waals surface area contributed by atoms with E-state index >= 15 is 0 Å². The second-order valence-corrected chi connectivity index (χ2v) is 9.57. The van der Waals surface area contributed by atoms with Crippen LogP contribution in [-0.4, -0.2) is 41.4 Å². The number of rotatable bonds is 10. The summed E-state index contributed by atoms with van der Waals surface area (Å²) in [5.41, 5.74) is 4.86. The van der Waals surface area contributed by atoms with Crippen molar-refractivity contribution >= 4 is 34.9 Å². The summed E-state index contributed by atoms with van der Waals surface area (Å²) in [4.78, 5) is 30.1. The van der Waals surface area contributed by atoms with Crippen molar-refractivity contribution in [3.8, 4) is 10.6 Å². The smallest absolute Gasteiger partial charge is 0.251 e. The van der Waals surface area contributed by atoms with Crippen LogP contribution in [0.25, 0.3) is 10.6 Å². The molecule has 3 aromatic rings. The first-order valence-electron chi connectivity index (χ1n) is 10.6. The fourth-order valence-corrected chi connectivity index (χ4v) is 4.55. The summed E-state index contributed by atoms with van der Waals surface area (Å²) in [5, 5.41) is 8.88. The van der Waals surface area contributed by atoms with Crippen LogP contribution in [0.15, 0.2) is 53.9 Å². The molecule has 2 N–H and O–H groups in total. The van der Waals surface area contributed by atoms with Crippen molar-refractivity contribution in [2.75, 3.05) is 18.6 Å². The minimum Gasteiger partial charge on any atom is -0.354 e.